The Morgan fingerprint density at radius 1 is 1.64 bits per heavy atom. The highest BCUT2D eigenvalue weighted by Crippen LogP contribution is 2.18. The molecule has 0 fully saturated rings. The first-order valence-electron chi connectivity index (χ1n) is 4.20. The Balaban J connectivity index is 3.16. The standard InChI is InChI=1S/C10H11FN2O/c1-13-10(6-14)9-4-8(11)3-2-7(9)5-12/h2-4,10,13-14H,6H2,1H3. The molecule has 1 unspecified atom stereocenters. The van der Waals surface area contributed by atoms with Gasteiger partial charge in [-0.3, -0.25) is 0 Å². The molecular formula is C10H11FN2O. The van der Waals surface area contributed by atoms with Crippen molar-refractivity contribution in [3.63, 3.8) is 0 Å². The second-order valence-corrected chi connectivity index (χ2v) is 2.87. The molecule has 1 rings (SSSR count). The molecule has 1 aromatic rings. The quantitative estimate of drug-likeness (QED) is 0.753. The number of nitrogens with one attached hydrogen (secondary N) is 1. The summed E-state index contributed by atoms with van der Waals surface area (Å²) in [7, 11) is 1.65. The average molecular weight is 194 g/mol. The number of aliphatic hydroxyl groups is 1. The van der Waals surface area contributed by atoms with E-state index in [0.29, 0.717) is 11.1 Å². The molecule has 74 valence electrons. The lowest BCUT2D eigenvalue weighted by atomic mass is 10.0. The third-order valence-corrected chi connectivity index (χ3v) is 2.04. The Bertz CT molecular complexity index is 356. The summed E-state index contributed by atoms with van der Waals surface area (Å²) in [4.78, 5) is 0. The van der Waals surface area contributed by atoms with Crippen molar-refractivity contribution in [2.45, 2.75) is 6.04 Å². The monoisotopic (exact) mass is 194 g/mol. The van der Waals surface area contributed by atoms with Crippen molar-refractivity contribution in [3.05, 3.63) is 35.1 Å². The molecule has 1 atom stereocenters. The number of likely N-dealkylation sites (N-methyl/N-ethyl adjacent to an activating group) is 1. The smallest absolute Gasteiger partial charge is 0.123 e. The Hall–Kier alpha value is -1.44. The number of rotatable bonds is 3. The highest BCUT2D eigenvalue weighted by Gasteiger charge is 2.13. The fourth-order valence-electron chi connectivity index (χ4n) is 1.27. The van der Waals surface area contributed by atoms with E-state index in [1.54, 1.807) is 7.05 Å². The molecule has 0 aliphatic carbocycles. The van der Waals surface area contributed by atoms with Gasteiger partial charge in [-0.05, 0) is 30.8 Å². The van der Waals surface area contributed by atoms with Crippen LogP contribution < -0.4 is 5.32 Å². The second kappa shape index (κ2) is 4.70. The first kappa shape index (κ1) is 10.6. The van der Waals surface area contributed by atoms with Gasteiger partial charge in [0.1, 0.15) is 5.82 Å². The average Bonchev–Trinajstić information content (AvgIpc) is 2.20. The van der Waals surface area contributed by atoms with Crippen molar-refractivity contribution < 1.29 is 9.50 Å². The molecule has 0 spiro atoms. The summed E-state index contributed by atoms with van der Waals surface area (Å²) < 4.78 is 12.9. The number of hydrogen-bond acceptors (Lipinski definition) is 3. The molecule has 4 heteroatoms. The van der Waals surface area contributed by atoms with E-state index in [0.717, 1.165) is 0 Å². The van der Waals surface area contributed by atoms with E-state index in [2.05, 4.69) is 5.32 Å². The summed E-state index contributed by atoms with van der Waals surface area (Å²) in [5, 5.41) is 20.6. The third-order valence-electron chi connectivity index (χ3n) is 2.04. The molecule has 2 N–H and O–H groups in total. The summed E-state index contributed by atoms with van der Waals surface area (Å²) in [6.07, 6.45) is 0. The zero-order chi connectivity index (χ0) is 10.6. The van der Waals surface area contributed by atoms with Gasteiger partial charge in [-0.2, -0.15) is 5.26 Å². The van der Waals surface area contributed by atoms with Crippen LogP contribution in [0.1, 0.15) is 17.2 Å². The van der Waals surface area contributed by atoms with Crippen LogP contribution in [0.2, 0.25) is 0 Å². The van der Waals surface area contributed by atoms with E-state index in [9.17, 15) is 4.39 Å². The van der Waals surface area contributed by atoms with E-state index >= 15 is 0 Å². The van der Waals surface area contributed by atoms with Crippen molar-refractivity contribution in [3.8, 4) is 6.07 Å². The molecular weight excluding hydrogens is 183 g/mol. The molecule has 3 nitrogen and oxygen atoms in total. The maximum Gasteiger partial charge on any atom is 0.123 e. The highest BCUT2D eigenvalue weighted by molar-refractivity contribution is 5.39. The molecule has 0 aromatic heterocycles. The third kappa shape index (κ3) is 2.08. The minimum absolute atomic E-state index is 0.172. The summed E-state index contributed by atoms with van der Waals surface area (Å²) in [5.74, 6) is -0.410. The Morgan fingerprint density at radius 2 is 2.36 bits per heavy atom. The molecule has 0 heterocycles. The zero-order valence-electron chi connectivity index (χ0n) is 7.79. The van der Waals surface area contributed by atoms with Gasteiger partial charge in [0.2, 0.25) is 0 Å². The lowest BCUT2D eigenvalue weighted by Gasteiger charge is -2.14. The first-order chi connectivity index (χ1) is 6.72. The lowest BCUT2D eigenvalue weighted by molar-refractivity contribution is 0.250. The zero-order valence-corrected chi connectivity index (χ0v) is 7.79. The summed E-state index contributed by atoms with van der Waals surface area (Å²) in [6.45, 7) is -0.172. The molecule has 14 heavy (non-hydrogen) atoms. The summed E-state index contributed by atoms with van der Waals surface area (Å²) >= 11 is 0. The molecule has 0 amide bonds. The molecule has 0 saturated carbocycles. The maximum absolute atomic E-state index is 12.9. The largest absolute Gasteiger partial charge is 0.394 e. The van der Waals surface area contributed by atoms with Gasteiger partial charge in [0.15, 0.2) is 0 Å². The molecule has 0 radical (unpaired) electrons. The van der Waals surface area contributed by atoms with E-state index in [1.807, 2.05) is 6.07 Å². The lowest BCUT2D eigenvalue weighted by Crippen LogP contribution is -2.21. The van der Waals surface area contributed by atoms with Crippen LogP contribution in [0.25, 0.3) is 0 Å². The summed E-state index contributed by atoms with van der Waals surface area (Å²) in [5.41, 5.74) is 0.859. The van der Waals surface area contributed by atoms with Gasteiger partial charge in [-0.1, -0.05) is 0 Å². The number of halogens is 1. The van der Waals surface area contributed by atoms with Gasteiger partial charge in [-0.25, -0.2) is 4.39 Å². The number of nitrogens with zero attached hydrogens (tertiary/aromatic N) is 1. The minimum atomic E-state index is -0.410. The van der Waals surface area contributed by atoms with Crippen molar-refractivity contribution in [1.82, 2.24) is 5.32 Å². The van der Waals surface area contributed by atoms with Crippen molar-refractivity contribution >= 4 is 0 Å². The van der Waals surface area contributed by atoms with Crippen molar-refractivity contribution in [1.29, 1.82) is 5.26 Å². The van der Waals surface area contributed by atoms with Crippen molar-refractivity contribution in [2.75, 3.05) is 13.7 Å². The molecule has 0 saturated heterocycles. The predicted molar refractivity (Wildman–Crippen MR) is 50.0 cm³/mol. The van der Waals surface area contributed by atoms with Gasteiger partial charge in [-0.15, -0.1) is 0 Å². The Labute approximate surface area is 81.8 Å². The van der Waals surface area contributed by atoms with E-state index < -0.39 is 11.9 Å². The van der Waals surface area contributed by atoms with Crippen LogP contribution in [0.5, 0.6) is 0 Å². The molecule has 0 aliphatic rings. The second-order valence-electron chi connectivity index (χ2n) is 2.87. The molecule has 1 aromatic carbocycles. The Kier molecular flexibility index (Phi) is 3.57. The van der Waals surface area contributed by atoms with Crippen LogP contribution >= 0.6 is 0 Å². The van der Waals surface area contributed by atoms with Crippen LogP contribution in [0.15, 0.2) is 18.2 Å². The SMILES string of the molecule is CNC(CO)c1cc(F)ccc1C#N. The molecule has 0 aliphatic heterocycles. The van der Waals surface area contributed by atoms with Gasteiger partial charge >= 0.3 is 0 Å². The maximum atomic E-state index is 12.9. The normalized spacial score (nSPS) is 12.1. The fourth-order valence-corrected chi connectivity index (χ4v) is 1.27. The number of hydrogen-bond donors (Lipinski definition) is 2. The first-order valence-corrected chi connectivity index (χ1v) is 4.20. The number of benzene rings is 1. The highest BCUT2D eigenvalue weighted by atomic mass is 19.1. The topological polar surface area (TPSA) is 56.0 Å². The van der Waals surface area contributed by atoms with E-state index in [1.165, 1.54) is 18.2 Å². The minimum Gasteiger partial charge on any atom is -0.394 e. The van der Waals surface area contributed by atoms with Gasteiger partial charge in [0.25, 0.3) is 0 Å². The van der Waals surface area contributed by atoms with Gasteiger partial charge in [0, 0.05) is 0 Å². The van der Waals surface area contributed by atoms with Crippen molar-refractivity contribution in [2.24, 2.45) is 0 Å². The van der Waals surface area contributed by atoms with E-state index in [-0.39, 0.29) is 6.61 Å². The van der Waals surface area contributed by atoms with Crippen LogP contribution in [0.4, 0.5) is 4.39 Å². The van der Waals surface area contributed by atoms with Gasteiger partial charge in [0.05, 0.1) is 24.3 Å². The number of aliphatic hydroxyl groups excluding tert-OH is 1. The van der Waals surface area contributed by atoms with E-state index in [4.69, 9.17) is 10.4 Å². The number of nitriles is 1. The van der Waals surface area contributed by atoms with Gasteiger partial charge < -0.3 is 10.4 Å². The predicted octanol–water partition coefficient (Wildman–Crippen LogP) is 0.950. The Morgan fingerprint density at radius 3 is 2.86 bits per heavy atom. The van der Waals surface area contributed by atoms with Crippen LogP contribution in [-0.2, 0) is 0 Å². The van der Waals surface area contributed by atoms with Crippen LogP contribution in [0.3, 0.4) is 0 Å². The van der Waals surface area contributed by atoms with Crippen LogP contribution in [-0.4, -0.2) is 18.8 Å². The summed E-state index contributed by atoms with van der Waals surface area (Å²) in [6, 6.07) is 5.45. The fraction of sp³-hybridized carbons (Fsp3) is 0.300. The molecule has 0 bridgehead atoms. The van der Waals surface area contributed by atoms with Crippen LogP contribution in [0, 0.1) is 17.1 Å².